The van der Waals surface area contributed by atoms with Gasteiger partial charge in [-0.3, -0.25) is 9.69 Å². The molecule has 4 rings (SSSR count). The molecule has 1 aliphatic carbocycles. The average Bonchev–Trinajstić information content (AvgIpc) is 3.26. The van der Waals surface area contributed by atoms with Crippen molar-refractivity contribution < 1.29 is 13.9 Å². The van der Waals surface area contributed by atoms with Gasteiger partial charge in [-0.25, -0.2) is 4.39 Å². The van der Waals surface area contributed by atoms with Gasteiger partial charge in [-0.05, 0) is 30.2 Å². The first-order valence-corrected chi connectivity index (χ1v) is 9.48. The molecule has 1 aromatic heterocycles. The van der Waals surface area contributed by atoms with Gasteiger partial charge in [0.2, 0.25) is 0 Å². The second-order valence-electron chi connectivity index (χ2n) is 6.93. The van der Waals surface area contributed by atoms with Crippen molar-refractivity contribution in [2.75, 3.05) is 32.8 Å². The molecule has 4 nitrogen and oxygen atoms in total. The third-order valence-electron chi connectivity index (χ3n) is 5.48. The number of fused-ring (bicyclic) bond motifs is 1. The molecule has 2 saturated heterocycles. The fourth-order valence-corrected chi connectivity index (χ4v) is 5.00. The molecule has 0 radical (unpaired) electrons. The first-order chi connectivity index (χ1) is 11.2. The zero-order valence-corrected chi connectivity index (χ0v) is 14.1. The Balaban J connectivity index is 1.44. The van der Waals surface area contributed by atoms with E-state index in [1.165, 1.54) is 43.1 Å². The number of amides is 1. The summed E-state index contributed by atoms with van der Waals surface area (Å²) in [6, 6.07) is 1.64. The molecule has 6 heteroatoms. The molecule has 0 aromatic carbocycles. The lowest BCUT2D eigenvalue weighted by Crippen LogP contribution is -2.52. The van der Waals surface area contributed by atoms with Crippen molar-refractivity contribution in [1.29, 1.82) is 0 Å². The van der Waals surface area contributed by atoms with E-state index in [1.807, 2.05) is 0 Å². The van der Waals surface area contributed by atoms with Crippen molar-refractivity contribution in [1.82, 2.24) is 9.80 Å². The zero-order valence-electron chi connectivity index (χ0n) is 13.2. The zero-order chi connectivity index (χ0) is 15.8. The van der Waals surface area contributed by atoms with Crippen LogP contribution in [0.3, 0.4) is 0 Å². The highest BCUT2D eigenvalue weighted by Gasteiger charge is 2.43. The Morgan fingerprint density at radius 2 is 2.17 bits per heavy atom. The SMILES string of the molecule is O=C(c1sccc1F)N1C[C@@H]2OCCN(CC3CCCC3)[C@H]2C1. The maximum Gasteiger partial charge on any atom is 0.267 e. The van der Waals surface area contributed by atoms with Crippen LogP contribution in [0.2, 0.25) is 0 Å². The topological polar surface area (TPSA) is 32.8 Å². The molecular weight excluding hydrogens is 315 g/mol. The Hall–Kier alpha value is -0.980. The first-order valence-electron chi connectivity index (χ1n) is 8.60. The summed E-state index contributed by atoms with van der Waals surface area (Å²) in [4.78, 5) is 17.1. The fraction of sp³-hybridized carbons (Fsp3) is 0.706. The van der Waals surface area contributed by atoms with Gasteiger partial charge in [-0.15, -0.1) is 11.3 Å². The van der Waals surface area contributed by atoms with Gasteiger partial charge in [0.05, 0.1) is 18.8 Å². The highest BCUT2D eigenvalue weighted by atomic mass is 32.1. The second kappa shape index (κ2) is 6.49. The van der Waals surface area contributed by atoms with Crippen LogP contribution in [0.5, 0.6) is 0 Å². The molecule has 1 saturated carbocycles. The number of carbonyl (C=O) groups is 1. The molecule has 3 fully saturated rings. The molecule has 3 heterocycles. The lowest BCUT2D eigenvalue weighted by molar-refractivity contribution is -0.0516. The number of carbonyl (C=O) groups excluding carboxylic acids is 1. The van der Waals surface area contributed by atoms with Crippen LogP contribution in [-0.2, 0) is 4.74 Å². The van der Waals surface area contributed by atoms with Crippen LogP contribution in [0.15, 0.2) is 11.4 Å². The van der Waals surface area contributed by atoms with E-state index < -0.39 is 5.82 Å². The first kappa shape index (κ1) is 15.5. The number of ether oxygens (including phenoxy) is 1. The number of rotatable bonds is 3. The molecule has 0 bridgehead atoms. The van der Waals surface area contributed by atoms with E-state index in [0.717, 1.165) is 25.6 Å². The molecule has 0 unspecified atom stereocenters. The lowest BCUT2D eigenvalue weighted by atomic mass is 10.0. The average molecular weight is 338 g/mol. The Labute approximate surface area is 140 Å². The van der Waals surface area contributed by atoms with Crippen LogP contribution in [-0.4, -0.2) is 60.6 Å². The molecule has 23 heavy (non-hydrogen) atoms. The molecule has 1 aromatic rings. The monoisotopic (exact) mass is 338 g/mol. The Morgan fingerprint density at radius 3 is 2.91 bits per heavy atom. The molecule has 0 N–H and O–H groups in total. The maximum atomic E-state index is 13.7. The predicted octanol–water partition coefficient (Wildman–Crippen LogP) is 2.60. The van der Waals surface area contributed by atoms with Gasteiger partial charge in [0.1, 0.15) is 10.7 Å². The van der Waals surface area contributed by atoms with Crippen molar-refractivity contribution in [2.45, 2.75) is 37.8 Å². The number of thiophene rings is 1. The van der Waals surface area contributed by atoms with Gasteiger partial charge >= 0.3 is 0 Å². The Bertz CT molecular complexity index is 573. The summed E-state index contributed by atoms with van der Waals surface area (Å²) in [6.45, 7) is 4.06. The summed E-state index contributed by atoms with van der Waals surface area (Å²) in [6.07, 6.45) is 5.45. The number of likely N-dealkylation sites (tertiary alicyclic amines) is 1. The maximum absolute atomic E-state index is 13.7. The van der Waals surface area contributed by atoms with Crippen molar-refractivity contribution in [3.05, 3.63) is 22.1 Å². The summed E-state index contributed by atoms with van der Waals surface area (Å²) in [7, 11) is 0. The number of nitrogens with zero attached hydrogens (tertiary/aromatic N) is 2. The van der Waals surface area contributed by atoms with Gasteiger partial charge in [0, 0.05) is 26.2 Å². The van der Waals surface area contributed by atoms with E-state index in [1.54, 1.807) is 10.3 Å². The molecule has 126 valence electrons. The van der Waals surface area contributed by atoms with Crippen LogP contribution in [0, 0.1) is 11.7 Å². The number of morpholine rings is 1. The summed E-state index contributed by atoms with van der Waals surface area (Å²) in [5.41, 5.74) is 0. The smallest absolute Gasteiger partial charge is 0.267 e. The summed E-state index contributed by atoms with van der Waals surface area (Å²) < 4.78 is 19.6. The minimum Gasteiger partial charge on any atom is -0.373 e. The fourth-order valence-electron chi connectivity index (χ4n) is 4.27. The lowest BCUT2D eigenvalue weighted by Gasteiger charge is -2.38. The van der Waals surface area contributed by atoms with Gasteiger partial charge in [-0.2, -0.15) is 0 Å². The van der Waals surface area contributed by atoms with E-state index in [-0.39, 0.29) is 22.9 Å². The van der Waals surface area contributed by atoms with Crippen LogP contribution in [0.1, 0.15) is 35.4 Å². The molecule has 2 aliphatic heterocycles. The van der Waals surface area contributed by atoms with E-state index in [2.05, 4.69) is 4.90 Å². The highest BCUT2D eigenvalue weighted by Crippen LogP contribution is 2.30. The molecule has 3 aliphatic rings. The second-order valence-corrected chi connectivity index (χ2v) is 7.85. The van der Waals surface area contributed by atoms with E-state index >= 15 is 0 Å². The third-order valence-corrected chi connectivity index (χ3v) is 6.36. The van der Waals surface area contributed by atoms with Crippen molar-refractivity contribution >= 4 is 17.2 Å². The van der Waals surface area contributed by atoms with Crippen molar-refractivity contribution in [3.8, 4) is 0 Å². The third kappa shape index (κ3) is 3.04. The molecule has 0 spiro atoms. The van der Waals surface area contributed by atoms with E-state index in [4.69, 9.17) is 4.74 Å². The van der Waals surface area contributed by atoms with Gasteiger partial charge in [0.25, 0.3) is 5.91 Å². The molecular formula is C17H23FN2O2S. The van der Waals surface area contributed by atoms with Gasteiger partial charge in [-0.1, -0.05) is 12.8 Å². The summed E-state index contributed by atoms with van der Waals surface area (Å²) >= 11 is 1.18. The van der Waals surface area contributed by atoms with Crippen LogP contribution in [0.4, 0.5) is 4.39 Å². The van der Waals surface area contributed by atoms with Crippen LogP contribution < -0.4 is 0 Å². The van der Waals surface area contributed by atoms with E-state index in [9.17, 15) is 9.18 Å². The Morgan fingerprint density at radius 1 is 1.35 bits per heavy atom. The number of hydrogen-bond acceptors (Lipinski definition) is 4. The minimum atomic E-state index is -0.404. The quantitative estimate of drug-likeness (QED) is 0.849. The highest BCUT2D eigenvalue weighted by molar-refractivity contribution is 7.12. The van der Waals surface area contributed by atoms with Crippen molar-refractivity contribution in [2.24, 2.45) is 5.92 Å². The molecule has 1 amide bonds. The van der Waals surface area contributed by atoms with Gasteiger partial charge < -0.3 is 9.64 Å². The Kier molecular flexibility index (Phi) is 4.39. The molecule has 2 atom stereocenters. The van der Waals surface area contributed by atoms with Gasteiger partial charge in [0.15, 0.2) is 0 Å². The van der Waals surface area contributed by atoms with Crippen LogP contribution in [0.25, 0.3) is 0 Å². The minimum absolute atomic E-state index is 0.0807. The normalized spacial score (nSPS) is 29.2. The largest absolute Gasteiger partial charge is 0.373 e. The number of halogens is 1. The number of hydrogen-bond donors (Lipinski definition) is 0. The van der Waals surface area contributed by atoms with Crippen LogP contribution >= 0.6 is 11.3 Å². The summed E-state index contributed by atoms with van der Waals surface area (Å²) in [5.74, 6) is 0.211. The predicted molar refractivity (Wildman–Crippen MR) is 87.2 cm³/mol. The summed E-state index contributed by atoms with van der Waals surface area (Å²) in [5, 5.41) is 1.63. The van der Waals surface area contributed by atoms with Crippen molar-refractivity contribution in [3.63, 3.8) is 0 Å². The standard InChI is InChI=1S/C17H23FN2O2S/c18-13-5-8-23-16(13)17(21)20-10-14-15(11-20)22-7-6-19(14)9-12-3-1-2-4-12/h5,8,12,14-15H,1-4,6-7,9-11H2/t14-,15-/m0/s1. The van der Waals surface area contributed by atoms with E-state index in [0.29, 0.717) is 13.1 Å².